The molecule has 21 heavy (non-hydrogen) atoms. The second-order valence-electron chi connectivity index (χ2n) is 6.63. The van der Waals surface area contributed by atoms with Gasteiger partial charge in [-0.2, -0.15) is 0 Å². The molecule has 1 aliphatic heterocycles. The highest BCUT2D eigenvalue weighted by Crippen LogP contribution is 2.30. The summed E-state index contributed by atoms with van der Waals surface area (Å²) >= 11 is 0. The maximum absolute atomic E-state index is 12.1. The number of hydrogen-bond acceptors (Lipinski definition) is 4. The maximum Gasteiger partial charge on any atom is 0.264 e. The molecule has 2 rings (SSSR count). The van der Waals surface area contributed by atoms with Gasteiger partial charge in [-0.25, -0.2) is 0 Å². The van der Waals surface area contributed by atoms with Crippen LogP contribution < -0.4 is 20.5 Å². The molecule has 0 radical (unpaired) electrons. The van der Waals surface area contributed by atoms with E-state index in [1.807, 2.05) is 18.2 Å². The number of nitrogens with one attached hydrogen (secondary N) is 1. The first kappa shape index (κ1) is 15.6. The van der Waals surface area contributed by atoms with Gasteiger partial charge in [-0.3, -0.25) is 4.79 Å². The van der Waals surface area contributed by atoms with Gasteiger partial charge in [0.25, 0.3) is 5.91 Å². The van der Waals surface area contributed by atoms with Crippen LogP contribution in [0.5, 0.6) is 11.5 Å². The number of benzene rings is 1. The molecule has 2 atom stereocenters. The van der Waals surface area contributed by atoms with Crippen molar-refractivity contribution < 1.29 is 14.3 Å². The second-order valence-corrected chi connectivity index (χ2v) is 6.63. The van der Waals surface area contributed by atoms with Crippen molar-refractivity contribution in [1.82, 2.24) is 5.32 Å². The summed E-state index contributed by atoms with van der Waals surface area (Å²) in [4.78, 5) is 12.1. The normalized spacial score (nSPS) is 19.0. The summed E-state index contributed by atoms with van der Waals surface area (Å²) in [7, 11) is 0. The minimum atomic E-state index is -0.623. The molecule has 0 bridgehead atoms. The largest absolute Gasteiger partial charge is 0.485 e. The first-order valence-corrected chi connectivity index (χ1v) is 7.27. The number of carbonyl (C=O) groups excluding carboxylic acids is 1. The summed E-state index contributed by atoms with van der Waals surface area (Å²) in [5.74, 6) is 1.09. The second kappa shape index (κ2) is 6.35. The standard InChI is InChI=1S/C16H24N2O3/c1-16(2,3)8-11(17)9-18-15(19)14-10-20-12-6-4-5-7-13(12)21-14/h4-7,11,14H,8-10,17H2,1-3H3,(H,18,19). The van der Waals surface area contributed by atoms with Gasteiger partial charge in [-0.05, 0) is 24.0 Å². The third-order valence-corrected chi connectivity index (χ3v) is 3.21. The molecule has 2 unspecified atom stereocenters. The van der Waals surface area contributed by atoms with Gasteiger partial charge in [-0.1, -0.05) is 32.9 Å². The Hall–Kier alpha value is -1.75. The fourth-order valence-corrected chi connectivity index (χ4v) is 2.35. The van der Waals surface area contributed by atoms with Crippen molar-refractivity contribution >= 4 is 5.91 Å². The molecule has 1 amide bonds. The van der Waals surface area contributed by atoms with E-state index in [2.05, 4.69) is 26.1 Å². The highest BCUT2D eigenvalue weighted by molar-refractivity contribution is 5.81. The summed E-state index contributed by atoms with van der Waals surface area (Å²) in [6.07, 6.45) is 0.222. The van der Waals surface area contributed by atoms with Crippen LogP contribution in [0.15, 0.2) is 24.3 Å². The van der Waals surface area contributed by atoms with Gasteiger partial charge >= 0.3 is 0 Å². The molecule has 5 heteroatoms. The van der Waals surface area contributed by atoms with Gasteiger partial charge in [-0.15, -0.1) is 0 Å². The Labute approximate surface area is 125 Å². The van der Waals surface area contributed by atoms with Crippen LogP contribution in [0.3, 0.4) is 0 Å². The fraction of sp³-hybridized carbons (Fsp3) is 0.562. The monoisotopic (exact) mass is 292 g/mol. The summed E-state index contributed by atoms with van der Waals surface area (Å²) in [6.45, 7) is 7.05. The number of nitrogens with two attached hydrogens (primary N) is 1. The lowest BCUT2D eigenvalue weighted by atomic mass is 9.88. The van der Waals surface area contributed by atoms with Crippen molar-refractivity contribution in [3.05, 3.63) is 24.3 Å². The molecule has 0 aliphatic carbocycles. The molecule has 1 aromatic rings. The number of fused-ring (bicyclic) bond motifs is 1. The summed E-state index contributed by atoms with van der Waals surface area (Å²) in [5, 5.41) is 2.84. The molecular formula is C16H24N2O3. The van der Waals surface area contributed by atoms with Crippen LogP contribution in [0.2, 0.25) is 0 Å². The van der Waals surface area contributed by atoms with Gasteiger partial charge < -0.3 is 20.5 Å². The zero-order valence-electron chi connectivity index (χ0n) is 12.9. The Bertz CT molecular complexity index is 497. The number of rotatable bonds is 4. The Morgan fingerprint density at radius 2 is 2.05 bits per heavy atom. The lowest BCUT2D eigenvalue weighted by molar-refractivity contribution is -0.130. The first-order chi connectivity index (χ1) is 9.85. The van der Waals surface area contributed by atoms with E-state index >= 15 is 0 Å². The molecule has 0 saturated heterocycles. The van der Waals surface area contributed by atoms with Crippen LogP contribution in [0.25, 0.3) is 0 Å². The van der Waals surface area contributed by atoms with Gasteiger partial charge in [0.05, 0.1) is 0 Å². The van der Waals surface area contributed by atoms with E-state index < -0.39 is 6.10 Å². The molecule has 1 aromatic carbocycles. The van der Waals surface area contributed by atoms with Crippen molar-refractivity contribution in [3.63, 3.8) is 0 Å². The van der Waals surface area contributed by atoms with E-state index in [4.69, 9.17) is 15.2 Å². The smallest absolute Gasteiger partial charge is 0.264 e. The molecule has 0 fully saturated rings. The zero-order valence-corrected chi connectivity index (χ0v) is 12.9. The van der Waals surface area contributed by atoms with Crippen LogP contribution in [0.4, 0.5) is 0 Å². The van der Waals surface area contributed by atoms with E-state index in [0.29, 0.717) is 18.0 Å². The van der Waals surface area contributed by atoms with Crippen molar-refractivity contribution in [2.45, 2.75) is 39.3 Å². The summed E-state index contributed by atoms with van der Waals surface area (Å²) in [6, 6.07) is 7.27. The Morgan fingerprint density at radius 3 is 2.71 bits per heavy atom. The lowest BCUT2D eigenvalue weighted by Crippen LogP contribution is -2.48. The summed E-state index contributed by atoms with van der Waals surface area (Å²) < 4.78 is 11.2. The van der Waals surface area contributed by atoms with Crippen molar-refractivity contribution in [2.24, 2.45) is 11.1 Å². The van der Waals surface area contributed by atoms with Crippen LogP contribution in [-0.2, 0) is 4.79 Å². The predicted octanol–water partition coefficient (Wildman–Crippen LogP) is 1.71. The molecule has 5 nitrogen and oxygen atoms in total. The molecule has 1 heterocycles. The molecule has 116 valence electrons. The Morgan fingerprint density at radius 1 is 1.38 bits per heavy atom. The van der Waals surface area contributed by atoms with Gasteiger partial charge in [0.15, 0.2) is 11.5 Å². The molecule has 0 saturated carbocycles. The van der Waals surface area contributed by atoms with E-state index in [1.54, 1.807) is 6.07 Å². The highest BCUT2D eigenvalue weighted by atomic mass is 16.6. The Balaban J connectivity index is 1.82. The van der Waals surface area contributed by atoms with Gasteiger partial charge in [0, 0.05) is 12.6 Å². The average Bonchev–Trinajstić information content (AvgIpc) is 2.42. The first-order valence-electron chi connectivity index (χ1n) is 7.27. The van der Waals surface area contributed by atoms with Crippen LogP contribution >= 0.6 is 0 Å². The van der Waals surface area contributed by atoms with Crippen LogP contribution in [0, 0.1) is 5.41 Å². The molecule has 3 N–H and O–H groups in total. The minimum Gasteiger partial charge on any atom is -0.485 e. The average molecular weight is 292 g/mol. The topological polar surface area (TPSA) is 73.6 Å². The van der Waals surface area contributed by atoms with Gasteiger partial charge in [0.1, 0.15) is 6.61 Å². The summed E-state index contributed by atoms with van der Waals surface area (Å²) in [5.41, 5.74) is 6.17. The van der Waals surface area contributed by atoms with Crippen molar-refractivity contribution in [3.8, 4) is 11.5 Å². The molecule has 0 aromatic heterocycles. The van der Waals surface area contributed by atoms with E-state index in [1.165, 1.54) is 0 Å². The van der Waals surface area contributed by atoms with Gasteiger partial charge in [0.2, 0.25) is 6.10 Å². The third kappa shape index (κ3) is 4.63. The number of para-hydroxylation sites is 2. The fourth-order valence-electron chi connectivity index (χ4n) is 2.35. The van der Waals surface area contributed by atoms with E-state index in [-0.39, 0.29) is 24.0 Å². The van der Waals surface area contributed by atoms with Crippen molar-refractivity contribution in [1.29, 1.82) is 0 Å². The van der Waals surface area contributed by atoms with Crippen molar-refractivity contribution in [2.75, 3.05) is 13.2 Å². The lowest BCUT2D eigenvalue weighted by Gasteiger charge is -2.27. The number of amides is 1. The third-order valence-electron chi connectivity index (χ3n) is 3.21. The van der Waals surface area contributed by atoms with Crippen LogP contribution in [0.1, 0.15) is 27.2 Å². The molecule has 1 aliphatic rings. The Kier molecular flexibility index (Phi) is 4.73. The number of hydrogen-bond donors (Lipinski definition) is 2. The van der Waals surface area contributed by atoms with Crippen LogP contribution in [-0.4, -0.2) is 31.2 Å². The number of carbonyl (C=O) groups is 1. The number of ether oxygens (including phenoxy) is 2. The maximum atomic E-state index is 12.1. The quantitative estimate of drug-likeness (QED) is 0.886. The zero-order chi connectivity index (χ0) is 15.5. The molecular weight excluding hydrogens is 268 g/mol. The molecule has 0 spiro atoms. The minimum absolute atomic E-state index is 0.0641. The predicted molar refractivity (Wildman–Crippen MR) is 81.4 cm³/mol. The SMILES string of the molecule is CC(C)(C)CC(N)CNC(=O)C1COc2ccccc2O1. The van der Waals surface area contributed by atoms with E-state index in [9.17, 15) is 4.79 Å². The van der Waals surface area contributed by atoms with E-state index in [0.717, 1.165) is 6.42 Å². The highest BCUT2D eigenvalue weighted by Gasteiger charge is 2.27.